The predicted molar refractivity (Wildman–Crippen MR) is 165 cm³/mol. The van der Waals surface area contributed by atoms with E-state index in [1.54, 1.807) is 12.1 Å². The van der Waals surface area contributed by atoms with Crippen molar-refractivity contribution in [3.05, 3.63) is 87.1 Å². The van der Waals surface area contributed by atoms with Crippen LogP contribution < -0.4 is 4.74 Å². The van der Waals surface area contributed by atoms with Gasteiger partial charge >= 0.3 is 24.4 Å². The van der Waals surface area contributed by atoms with E-state index in [2.05, 4.69) is 18.8 Å². The molecular formula is C34H31ClF6N2O5. The monoisotopic (exact) mass is 696 g/mol. The van der Waals surface area contributed by atoms with Crippen LogP contribution in [0.15, 0.2) is 54.2 Å². The van der Waals surface area contributed by atoms with Crippen molar-refractivity contribution in [1.29, 1.82) is 0 Å². The second kappa shape index (κ2) is 12.6. The van der Waals surface area contributed by atoms with Gasteiger partial charge in [-0.05, 0) is 84.7 Å². The molecule has 48 heavy (non-hydrogen) atoms. The number of nitrogens with zero attached hydrogens (tertiary/aromatic N) is 2. The summed E-state index contributed by atoms with van der Waals surface area (Å²) in [4.78, 5) is 30.4. The zero-order valence-electron chi connectivity index (χ0n) is 26.2. The molecule has 2 aromatic carbocycles. The summed E-state index contributed by atoms with van der Waals surface area (Å²) in [5, 5.41) is 9.52. The molecule has 1 unspecified atom stereocenters. The number of halogens is 7. The number of cyclic esters (lactones) is 1. The molecule has 1 fully saturated rings. The van der Waals surface area contributed by atoms with Crippen LogP contribution in [0.2, 0.25) is 5.02 Å². The number of hydrogen-bond acceptors (Lipinski definition) is 5. The molecule has 256 valence electrons. The van der Waals surface area contributed by atoms with Gasteiger partial charge in [-0.3, -0.25) is 4.90 Å². The number of rotatable bonds is 7. The summed E-state index contributed by atoms with van der Waals surface area (Å²) >= 11 is 6.45. The maximum absolute atomic E-state index is 13.6. The molecule has 1 aromatic heterocycles. The van der Waals surface area contributed by atoms with Crippen LogP contribution in [0.3, 0.4) is 0 Å². The number of amides is 1. The third-order valence-electron chi connectivity index (χ3n) is 8.76. The van der Waals surface area contributed by atoms with Crippen LogP contribution in [0.1, 0.15) is 78.7 Å². The molecule has 2 heterocycles. The molecule has 0 saturated carbocycles. The summed E-state index contributed by atoms with van der Waals surface area (Å²) in [6.45, 7) is 5.61. The van der Waals surface area contributed by atoms with Crippen molar-refractivity contribution in [1.82, 2.24) is 9.88 Å². The van der Waals surface area contributed by atoms with E-state index in [0.717, 1.165) is 17.6 Å². The molecule has 1 N–H and O–H groups in total. The first kappa shape index (κ1) is 35.1. The van der Waals surface area contributed by atoms with Gasteiger partial charge in [0.15, 0.2) is 0 Å². The highest BCUT2D eigenvalue weighted by molar-refractivity contribution is 6.33. The van der Waals surface area contributed by atoms with E-state index in [1.807, 2.05) is 0 Å². The summed E-state index contributed by atoms with van der Waals surface area (Å²) in [7, 11) is 1.45. The summed E-state index contributed by atoms with van der Waals surface area (Å²) in [5.41, 5.74) is -0.307. The molecule has 3 aromatic rings. The second-order valence-electron chi connectivity index (χ2n) is 12.7. The zero-order chi connectivity index (χ0) is 35.3. The summed E-state index contributed by atoms with van der Waals surface area (Å²) in [6.07, 6.45) is -9.05. The van der Waals surface area contributed by atoms with Gasteiger partial charge in [-0.25, -0.2) is 14.6 Å². The third kappa shape index (κ3) is 7.11. The lowest BCUT2D eigenvalue weighted by Crippen LogP contribution is -2.35. The highest BCUT2D eigenvalue weighted by atomic mass is 35.5. The number of aromatic carboxylic acids is 1. The predicted octanol–water partition coefficient (Wildman–Crippen LogP) is 9.69. The van der Waals surface area contributed by atoms with E-state index < -0.39 is 53.3 Å². The molecule has 0 bridgehead atoms. The maximum atomic E-state index is 13.6. The third-order valence-corrected chi connectivity index (χ3v) is 9.07. The topological polar surface area (TPSA) is 89.0 Å². The van der Waals surface area contributed by atoms with Gasteiger partial charge < -0.3 is 14.6 Å². The molecule has 1 saturated heterocycles. The van der Waals surface area contributed by atoms with Crippen LogP contribution in [0.4, 0.5) is 31.1 Å². The molecular weight excluding hydrogens is 666 g/mol. The number of pyridine rings is 1. The largest absolute Gasteiger partial charge is 0.481 e. The van der Waals surface area contributed by atoms with Crippen molar-refractivity contribution in [3.63, 3.8) is 0 Å². The Labute approximate surface area is 277 Å². The van der Waals surface area contributed by atoms with Crippen LogP contribution in [0, 0.1) is 5.41 Å². The lowest BCUT2D eigenvalue weighted by atomic mass is 9.72. The highest BCUT2D eigenvalue weighted by Crippen LogP contribution is 2.47. The number of carboxylic acids is 1. The minimum atomic E-state index is -5.06. The first-order valence-corrected chi connectivity index (χ1v) is 15.2. The molecule has 14 heteroatoms. The standard InChI is InChI=1S/C34H31ClF6N2O5/c1-17-28(19-9-22(33(36,37)38)13-23(10-19)34(39,40)41)48-31(46)43(17)16-21-14-32(2,3)8-7-24(21)26-11-20(15-42-29(26)47-4)25-6-5-18(30(44)45)12-27(25)35/h5-6,9-13,15,17,28H,7-8,14,16H2,1-4H3,(H,44,45)/t17-,28?/m0/s1. The Morgan fingerprint density at radius 3 is 2.27 bits per heavy atom. The van der Waals surface area contributed by atoms with Gasteiger partial charge in [-0.15, -0.1) is 0 Å². The fourth-order valence-electron chi connectivity index (χ4n) is 6.26. The Bertz CT molecular complexity index is 1770. The molecule has 1 aliphatic carbocycles. The number of carbonyl (C=O) groups excluding carboxylic acids is 1. The Morgan fingerprint density at radius 2 is 1.71 bits per heavy atom. The van der Waals surface area contributed by atoms with Gasteiger partial charge in [0.2, 0.25) is 5.88 Å². The van der Waals surface area contributed by atoms with Crippen molar-refractivity contribution < 1.29 is 50.5 Å². The van der Waals surface area contributed by atoms with Gasteiger partial charge in [0.1, 0.15) is 6.10 Å². The Morgan fingerprint density at radius 1 is 1.06 bits per heavy atom. The number of ether oxygens (including phenoxy) is 2. The Balaban J connectivity index is 1.55. The quantitative estimate of drug-likeness (QED) is 0.248. The Kier molecular flexibility index (Phi) is 9.24. The maximum Gasteiger partial charge on any atom is 0.416 e. The molecule has 2 aliphatic rings. The number of aromatic nitrogens is 1. The van der Waals surface area contributed by atoms with E-state index >= 15 is 0 Å². The normalized spacial score (nSPS) is 19.8. The van der Waals surface area contributed by atoms with Crippen LogP contribution in [-0.2, 0) is 17.1 Å². The SMILES string of the molecule is COc1ncc(-c2ccc(C(=O)O)cc2Cl)cc1C1=C(CN2C(=O)OC(c3cc(C(F)(F)F)cc(C(F)(F)F)c3)[C@@H]2C)CC(C)(C)CC1. The smallest absolute Gasteiger partial charge is 0.416 e. The lowest BCUT2D eigenvalue weighted by Gasteiger charge is -2.35. The van der Waals surface area contributed by atoms with Crippen LogP contribution >= 0.6 is 11.6 Å². The van der Waals surface area contributed by atoms with Crippen LogP contribution in [0.5, 0.6) is 5.88 Å². The Hall–Kier alpha value is -4.26. The number of hydrogen-bond donors (Lipinski definition) is 1. The minimum Gasteiger partial charge on any atom is -0.481 e. The molecule has 0 spiro atoms. The summed E-state index contributed by atoms with van der Waals surface area (Å²) < 4.78 is 92.6. The molecule has 0 radical (unpaired) electrons. The number of allylic oxidation sites excluding steroid dienone is 1. The molecule has 1 amide bonds. The van der Waals surface area contributed by atoms with Gasteiger partial charge in [-0.2, -0.15) is 26.3 Å². The van der Waals surface area contributed by atoms with Crippen molar-refractivity contribution in [2.45, 2.75) is 64.5 Å². The van der Waals surface area contributed by atoms with Crippen LogP contribution in [0.25, 0.3) is 16.7 Å². The van der Waals surface area contributed by atoms with Gasteiger partial charge in [-0.1, -0.05) is 31.5 Å². The average molecular weight is 697 g/mol. The van der Waals surface area contributed by atoms with E-state index in [4.69, 9.17) is 21.1 Å². The number of carboxylic acid groups (broad SMARTS) is 1. The van der Waals surface area contributed by atoms with Crippen molar-refractivity contribution >= 4 is 29.2 Å². The van der Waals surface area contributed by atoms with E-state index in [0.29, 0.717) is 41.7 Å². The van der Waals surface area contributed by atoms with Gasteiger partial charge in [0.05, 0.1) is 29.8 Å². The minimum absolute atomic E-state index is 0.00892. The average Bonchev–Trinajstić information content (AvgIpc) is 3.27. The second-order valence-corrected chi connectivity index (χ2v) is 13.1. The van der Waals surface area contributed by atoms with Crippen molar-refractivity contribution in [2.24, 2.45) is 5.41 Å². The molecule has 1 aliphatic heterocycles. The first-order valence-electron chi connectivity index (χ1n) is 14.8. The fraction of sp³-hybridized carbons (Fsp3) is 0.382. The summed E-state index contributed by atoms with van der Waals surface area (Å²) in [6, 6.07) is 6.40. The van der Waals surface area contributed by atoms with Gasteiger partial charge in [0.25, 0.3) is 0 Å². The number of benzene rings is 2. The molecule has 2 atom stereocenters. The van der Waals surface area contributed by atoms with E-state index in [-0.39, 0.29) is 34.5 Å². The lowest BCUT2D eigenvalue weighted by molar-refractivity contribution is -0.143. The number of carbonyl (C=O) groups is 2. The van der Waals surface area contributed by atoms with E-state index in [9.17, 15) is 41.0 Å². The molecule has 5 rings (SSSR count). The van der Waals surface area contributed by atoms with Crippen molar-refractivity contribution in [2.75, 3.05) is 13.7 Å². The van der Waals surface area contributed by atoms with E-state index in [1.165, 1.54) is 37.3 Å². The van der Waals surface area contributed by atoms with Crippen molar-refractivity contribution in [3.8, 4) is 17.0 Å². The number of methoxy groups -OCH3 is 1. The zero-order valence-corrected chi connectivity index (χ0v) is 27.0. The van der Waals surface area contributed by atoms with Gasteiger partial charge in [0, 0.05) is 34.5 Å². The van der Waals surface area contributed by atoms with Crippen LogP contribution in [-0.4, -0.2) is 46.7 Å². The fourth-order valence-corrected chi connectivity index (χ4v) is 6.55. The first-order chi connectivity index (χ1) is 22.3. The number of alkyl halides is 6. The highest BCUT2D eigenvalue weighted by Gasteiger charge is 2.44. The summed E-state index contributed by atoms with van der Waals surface area (Å²) in [5.74, 6) is -0.856. The molecule has 7 nitrogen and oxygen atoms in total.